The first-order valence-electron chi connectivity index (χ1n) is 8.00. The molecule has 1 aromatic rings. The number of benzene rings is 1. The van der Waals surface area contributed by atoms with Gasteiger partial charge in [0.15, 0.2) is 0 Å². The average molecular weight is 276 g/mol. The molecular formula is C17H25FN2. The Kier molecular flexibility index (Phi) is 4.37. The number of halogens is 1. The fourth-order valence-electron chi connectivity index (χ4n) is 4.00. The summed E-state index contributed by atoms with van der Waals surface area (Å²) >= 11 is 0. The Bertz CT molecular complexity index is 417. The summed E-state index contributed by atoms with van der Waals surface area (Å²) in [5.41, 5.74) is 1.25. The van der Waals surface area contributed by atoms with E-state index in [9.17, 15) is 4.39 Å². The summed E-state index contributed by atoms with van der Waals surface area (Å²) in [4.78, 5) is 2.71. The molecule has 1 aromatic carbocycles. The van der Waals surface area contributed by atoms with E-state index in [0.29, 0.717) is 0 Å². The standard InChI is InChI=1S/C17H25FN2/c1-2-19-15-11-16-7-8-17(12-15)20(16)10-9-13-3-5-14(18)6-4-13/h3-6,15-17,19H,2,7-12H2,1H3. The van der Waals surface area contributed by atoms with E-state index in [1.807, 2.05) is 12.1 Å². The number of hydrogen-bond donors (Lipinski definition) is 1. The third-order valence-corrected chi connectivity index (χ3v) is 4.95. The minimum atomic E-state index is -0.139. The van der Waals surface area contributed by atoms with Crippen LogP contribution in [0, 0.1) is 5.82 Å². The normalized spacial score (nSPS) is 29.8. The number of nitrogens with zero attached hydrogens (tertiary/aromatic N) is 1. The first-order chi connectivity index (χ1) is 9.76. The molecule has 20 heavy (non-hydrogen) atoms. The van der Waals surface area contributed by atoms with Gasteiger partial charge in [0.2, 0.25) is 0 Å². The molecule has 2 atom stereocenters. The van der Waals surface area contributed by atoms with Crippen LogP contribution in [0.15, 0.2) is 24.3 Å². The van der Waals surface area contributed by atoms with Gasteiger partial charge in [-0.3, -0.25) is 4.90 Å². The van der Waals surface area contributed by atoms with E-state index in [0.717, 1.165) is 37.6 Å². The van der Waals surface area contributed by atoms with E-state index < -0.39 is 0 Å². The second-order valence-electron chi connectivity index (χ2n) is 6.23. The van der Waals surface area contributed by atoms with E-state index in [4.69, 9.17) is 0 Å². The predicted octanol–water partition coefficient (Wildman–Crippen LogP) is 2.97. The highest BCUT2D eigenvalue weighted by Crippen LogP contribution is 2.35. The van der Waals surface area contributed by atoms with Crippen LogP contribution in [0.5, 0.6) is 0 Å². The third kappa shape index (κ3) is 3.04. The van der Waals surface area contributed by atoms with Gasteiger partial charge in [-0.1, -0.05) is 19.1 Å². The van der Waals surface area contributed by atoms with Crippen LogP contribution >= 0.6 is 0 Å². The monoisotopic (exact) mass is 276 g/mol. The van der Waals surface area contributed by atoms with Crippen molar-refractivity contribution in [3.63, 3.8) is 0 Å². The predicted molar refractivity (Wildman–Crippen MR) is 80.3 cm³/mol. The molecule has 2 aliphatic heterocycles. The van der Waals surface area contributed by atoms with Crippen molar-refractivity contribution >= 4 is 0 Å². The second kappa shape index (κ2) is 6.23. The van der Waals surface area contributed by atoms with Gasteiger partial charge in [0.1, 0.15) is 5.82 Å². The molecule has 0 aromatic heterocycles. The van der Waals surface area contributed by atoms with Crippen molar-refractivity contribution in [1.29, 1.82) is 0 Å². The molecule has 3 heteroatoms. The van der Waals surface area contributed by atoms with Crippen LogP contribution in [0.4, 0.5) is 4.39 Å². The molecule has 2 aliphatic rings. The van der Waals surface area contributed by atoms with Gasteiger partial charge in [-0.25, -0.2) is 4.39 Å². The summed E-state index contributed by atoms with van der Waals surface area (Å²) in [5.74, 6) is -0.139. The van der Waals surface area contributed by atoms with Crippen LogP contribution < -0.4 is 5.32 Å². The van der Waals surface area contributed by atoms with Gasteiger partial charge in [-0.15, -0.1) is 0 Å². The molecule has 110 valence electrons. The molecule has 2 nitrogen and oxygen atoms in total. The van der Waals surface area contributed by atoms with Gasteiger partial charge in [-0.2, -0.15) is 0 Å². The molecule has 1 N–H and O–H groups in total. The fraction of sp³-hybridized carbons (Fsp3) is 0.647. The highest BCUT2D eigenvalue weighted by molar-refractivity contribution is 5.16. The Balaban J connectivity index is 1.55. The lowest BCUT2D eigenvalue weighted by atomic mass is 9.96. The molecule has 2 unspecified atom stereocenters. The minimum Gasteiger partial charge on any atom is -0.314 e. The average Bonchev–Trinajstić information content (AvgIpc) is 2.68. The van der Waals surface area contributed by atoms with Crippen LogP contribution in [0.2, 0.25) is 0 Å². The second-order valence-corrected chi connectivity index (χ2v) is 6.23. The van der Waals surface area contributed by atoms with Crippen LogP contribution in [-0.4, -0.2) is 36.1 Å². The Hall–Kier alpha value is -0.930. The smallest absolute Gasteiger partial charge is 0.123 e. The van der Waals surface area contributed by atoms with Gasteiger partial charge in [0, 0.05) is 24.7 Å². The van der Waals surface area contributed by atoms with Crippen LogP contribution in [-0.2, 0) is 6.42 Å². The maximum Gasteiger partial charge on any atom is 0.123 e. The lowest BCUT2D eigenvalue weighted by Gasteiger charge is -2.39. The number of hydrogen-bond acceptors (Lipinski definition) is 2. The summed E-state index contributed by atoms with van der Waals surface area (Å²) < 4.78 is 12.9. The summed E-state index contributed by atoms with van der Waals surface area (Å²) in [7, 11) is 0. The maximum atomic E-state index is 12.9. The van der Waals surface area contributed by atoms with Gasteiger partial charge in [0.05, 0.1) is 0 Å². The highest BCUT2D eigenvalue weighted by atomic mass is 19.1. The van der Waals surface area contributed by atoms with Crippen molar-refractivity contribution in [2.75, 3.05) is 13.1 Å². The molecule has 0 radical (unpaired) electrons. The van der Waals surface area contributed by atoms with E-state index in [1.54, 1.807) is 12.1 Å². The summed E-state index contributed by atoms with van der Waals surface area (Å²) in [6, 6.07) is 9.23. The van der Waals surface area contributed by atoms with Crippen molar-refractivity contribution in [2.24, 2.45) is 0 Å². The van der Waals surface area contributed by atoms with Gasteiger partial charge in [0.25, 0.3) is 0 Å². The molecule has 0 spiro atoms. The van der Waals surface area contributed by atoms with E-state index in [2.05, 4.69) is 17.1 Å². The fourth-order valence-corrected chi connectivity index (χ4v) is 4.00. The summed E-state index contributed by atoms with van der Waals surface area (Å²) in [6.07, 6.45) is 6.35. The maximum absolute atomic E-state index is 12.9. The molecule has 2 fully saturated rings. The number of piperidine rings is 1. The number of fused-ring (bicyclic) bond motifs is 2. The summed E-state index contributed by atoms with van der Waals surface area (Å²) in [5, 5.41) is 3.62. The molecule has 2 saturated heterocycles. The lowest BCUT2D eigenvalue weighted by Crippen LogP contribution is -2.49. The van der Waals surface area contributed by atoms with Crippen molar-refractivity contribution in [3.05, 3.63) is 35.6 Å². The topological polar surface area (TPSA) is 15.3 Å². The van der Waals surface area contributed by atoms with Gasteiger partial charge < -0.3 is 5.32 Å². The lowest BCUT2D eigenvalue weighted by molar-refractivity contribution is 0.119. The first-order valence-corrected chi connectivity index (χ1v) is 8.00. The number of rotatable bonds is 5. The molecule has 2 heterocycles. The molecule has 0 saturated carbocycles. The van der Waals surface area contributed by atoms with Gasteiger partial charge >= 0.3 is 0 Å². The van der Waals surface area contributed by atoms with Crippen LogP contribution in [0.25, 0.3) is 0 Å². The van der Waals surface area contributed by atoms with E-state index in [-0.39, 0.29) is 5.82 Å². The third-order valence-electron chi connectivity index (χ3n) is 4.95. The Morgan fingerprint density at radius 2 is 1.80 bits per heavy atom. The van der Waals surface area contributed by atoms with Crippen molar-refractivity contribution in [3.8, 4) is 0 Å². The number of nitrogens with one attached hydrogen (secondary N) is 1. The zero-order chi connectivity index (χ0) is 13.9. The zero-order valence-electron chi connectivity index (χ0n) is 12.3. The Labute approximate surface area is 121 Å². The molecule has 3 rings (SSSR count). The Morgan fingerprint density at radius 1 is 1.15 bits per heavy atom. The minimum absolute atomic E-state index is 0.139. The highest BCUT2D eigenvalue weighted by Gasteiger charge is 2.39. The zero-order valence-corrected chi connectivity index (χ0v) is 12.3. The largest absolute Gasteiger partial charge is 0.314 e. The van der Waals surface area contributed by atoms with E-state index >= 15 is 0 Å². The quantitative estimate of drug-likeness (QED) is 0.889. The summed E-state index contributed by atoms with van der Waals surface area (Å²) in [6.45, 7) is 4.41. The van der Waals surface area contributed by atoms with Crippen LogP contribution in [0.3, 0.4) is 0 Å². The van der Waals surface area contributed by atoms with Crippen LogP contribution in [0.1, 0.15) is 38.2 Å². The SMILES string of the molecule is CCNC1CC2CCC(C1)N2CCc1ccc(F)cc1. The Morgan fingerprint density at radius 3 is 2.40 bits per heavy atom. The van der Waals surface area contributed by atoms with Crippen molar-refractivity contribution in [1.82, 2.24) is 10.2 Å². The molecule has 2 bridgehead atoms. The molecule has 0 aliphatic carbocycles. The van der Waals surface area contributed by atoms with Crippen molar-refractivity contribution in [2.45, 2.75) is 57.2 Å². The first kappa shape index (κ1) is 14.0. The van der Waals surface area contributed by atoms with E-state index in [1.165, 1.54) is 31.2 Å². The van der Waals surface area contributed by atoms with Gasteiger partial charge in [-0.05, 0) is 56.3 Å². The molecular weight excluding hydrogens is 251 g/mol. The van der Waals surface area contributed by atoms with Crippen molar-refractivity contribution < 1.29 is 4.39 Å². The molecule has 0 amide bonds.